The van der Waals surface area contributed by atoms with Crippen LogP contribution in [-0.2, 0) is 4.79 Å². The van der Waals surface area contributed by atoms with Crippen LogP contribution in [0.25, 0.3) is 6.08 Å². The Morgan fingerprint density at radius 2 is 1.89 bits per heavy atom. The second kappa shape index (κ2) is 5.03. The zero-order chi connectivity index (χ0) is 14.0. The fraction of sp³-hybridized carbons (Fsp3) is 0.308. The monoisotopic (exact) mass is 273 g/mol. The smallest absolute Gasteiger partial charge is 0.345 e. The summed E-state index contributed by atoms with van der Waals surface area (Å²) < 4.78 is 49.7. The highest BCUT2D eigenvalue weighted by Crippen LogP contribution is 2.39. The molecule has 0 saturated heterocycles. The van der Waals surface area contributed by atoms with Crippen molar-refractivity contribution >= 4 is 12.0 Å². The van der Waals surface area contributed by atoms with Gasteiger partial charge in [-0.05, 0) is 18.1 Å². The van der Waals surface area contributed by atoms with E-state index in [-0.39, 0.29) is 6.42 Å². The molecule has 1 aliphatic rings. The molecule has 0 bridgehead atoms. The Kier molecular flexibility index (Phi) is 3.59. The maximum atomic E-state index is 13.7. The van der Waals surface area contributed by atoms with Gasteiger partial charge in [0, 0.05) is 12.0 Å². The van der Waals surface area contributed by atoms with Gasteiger partial charge in [0.1, 0.15) is 5.83 Å². The molecule has 2 rings (SSSR count). The SMILES string of the molecule is O=C(NC1CC1/C(F)=C/c1ccccc1)C(F)(F)F. The van der Waals surface area contributed by atoms with Gasteiger partial charge in [-0.15, -0.1) is 0 Å². The van der Waals surface area contributed by atoms with Gasteiger partial charge in [-0.1, -0.05) is 30.3 Å². The van der Waals surface area contributed by atoms with Crippen molar-refractivity contribution in [3.05, 3.63) is 41.7 Å². The molecule has 1 amide bonds. The van der Waals surface area contributed by atoms with E-state index in [2.05, 4.69) is 0 Å². The van der Waals surface area contributed by atoms with Crippen molar-refractivity contribution < 1.29 is 22.4 Å². The number of amides is 1. The molecule has 0 spiro atoms. The van der Waals surface area contributed by atoms with E-state index in [1.54, 1.807) is 35.6 Å². The lowest BCUT2D eigenvalue weighted by Crippen LogP contribution is -2.38. The summed E-state index contributed by atoms with van der Waals surface area (Å²) in [6.45, 7) is 0. The Morgan fingerprint density at radius 3 is 2.47 bits per heavy atom. The predicted molar refractivity (Wildman–Crippen MR) is 61.6 cm³/mol. The average molecular weight is 273 g/mol. The summed E-state index contributed by atoms with van der Waals surface area (Å²) in [5, 5.41) is 1.77. The molecule has 1 aromatic carbocycles. The second-order valence-electron chi connectivity index (χ2n) is 4.36. The minimum absolute atomic E-state index is 0.191. The molecule has 1 N–H and O–H groups in total. The first kappa shape index (κ1) is 13.6. The number of carbonyl (C=O) groups is 1. The molecule has 0 heterocycles. The Bertz CT molecular complexity index is 495. The van der Waals surface area contributed by atoms with E-state index in [0.29, 0.717) is 5.56 Å². The largest absolute Gasteiger partial charge is 0.471 e. The molecular weight excluding hydrogens is 262 g/mol. The van der Waals surface area contributed by atoms with Gasteiger partial charge in [-0.3, -0.25) is 4.79 Å². The first-order valence-corrected chi connectivity index (χ1v) is 5.68. The molecule has 19 heavy (non-hydrogen) atoms. The van der Waals surface area contributed by atoms with Gasteiger partial charge in [-0.25, -0.2) is 4.39 Å². The fourth-order valence-electron chi connectivity index (χ4n) is 1.73. The summed E-state index contributed by atoms with van der Waals surface area (Å²) in [5.74, 6) is -3.20. The van der Waals surface area contributed by atoms with Crippen molar-refractivity contribution in [1.29, 1.82) is 0 Å². The molecule has 2 nitrogen and oxygen atoms in total. The van der Waals surface area contributed by atoms with E-state index in [1.165, 1.54) is 6.08 Å². The molecule has 1 aromatic rings. The number of rotatable bonds is 3. The minimum atomic E-state index is -4.92. The molecule has 2 unspecified atom stereocenters. The zero-order valence-corrected chi connectivity index (χ0v) is 9.75. The Labute approximate surface area is 107 Å². The van der Waals surface area contributed by atoms with Crippen LogP contribution in [0.3, 0.4) is 0 Å². The number of benzene rings is 1. The summed E-state index contributed by atoms with van der Waals surface area (Å²) >= 11 is 0. The first-order chi connectivity index (χ1) is 8.88. The van der Waals surface area contributed by atoms with Crippen molar-refractivity contribution in [3.8, 4) is 0 Å². The predicted octanol–water partition coefficient (Wildman–Crippen LogP) is 3.06. The summed E-state index contributed by atoms with van der Waals surface area (Å²) in [6.07, 6.45) is -3.46. The third-order valence-corrected chi connectivity index (χ3v) is 2.82. The van der Waals surface area contributed by atoms with Crippen LogP contribution in [0.5, 0.6) is 0 Å². The van der Waals surface area contributed by atoms with Crippen LogP contribution in [0.1, 0.15) is 12.0 Å². The number of nitrogens with one attached hydrogen (secondary N) is 1. The third-order valence-electron chi connectivity index (χ3n) is 2.82. The normalized spacial score (nSPS) is 23.1. The van der Waals surface area contributed by atoms with Gasteiger partial charge < -0.3 is 5.32 Å². The zero-order valence-electron chi connectivity index (χ0n) is 9.75. The second-order valence-corrected chi connectivity index (χ2v) is 4.36. The highest BCUT2D eigenvalue weighted by atomic mass is 19.4. The third kappa shape index (κ3) is 3.56. The van der Waals surface area contributed by atoms with Crippen LogP contribution in [0.4, 0.5) is 17.6 Å². The summed E-state index contributed by atoms with van der Waals surface area (Å²) in [5.41, 5.74) is 0.632. The van der Waals surface area contributed by atoms with Gasteiger partial charge >= 0.3 is 12.1 Å². The summed E-state index contributed by atoms with van der Waals surface area (Å²) in [7, 11) is 0. The highest BCUT2D eigenvalue weighted by Gasteiger charge is 2.47. The van der Waals surface area contributed by atoms with E-state index >= 15 is 0 Å². The van der Waals surface area contributed by atoms with Crippen LogP contribution < -0.4 is 5.32 Å². The molecule has 0 aromatic heterocycles. The standard InChI is InChI=1S/C13H11F4NO/c14-10(6-8-4-2-1-3-5-8)9-7-11(9)18-12(19)13(15,16)17/h1-6,9,11H,7H2,(H,18,19)/b10-6-. The molecule has 0 aliphatic heterocycles. The van der Waals surface area contributed by atoms with Crippen molar-refractivity contribution in [2.45, 2.75) is 18.6 Å². The van der Waals surface area contributed by atoms with E-state index in [0.717, 1.165) is 0 Å². The van der Waals surface area contributed by atoms with Crippen LogP contribution in [0, 0.1) is 5.92 Å². The number of carbonyl (C=O) groups excluding carboxylic acids is 1. The molecule has 102 valence electrons. The molecule has 1 aliphatic carbocycles. The molecule has 6 heteroatoms. The first-order valence-electron chi connectivity index (χ1n) is 5.68. The van der Waals surface area contributed by atoms with Crippen LogP contribution in [0.2, 0.25) is 0 Å². The van der Waals surface area contributed by atoms with Crippen LogP contribution in [0.15, 0.2) is 36.2 Å². The number of halogens is 4. The van der Waals surface area contributed by atoms with Gasteiger partial charge in [0.25, 0.3) is 0 Å². The average Bonchev–Trinajstić information content (AvgIpc) is 3.08. The quantitative estimate of drug-likeness (QED) is 0.842. The maximum Gasteiger partial charge on any atom is 0.471 e. The lowest BCUT2D eigenvalue weighted by molar-refractivity contribution is -0.173. The van der Waals surface area contributed by atoms with Gasteiger partial charge in [0.2, 0.25) is 0 Å². The highest BCUT2D eigenvalue weighted by molar-refractivity contribution is 5.82. The maximum absolute atomic E-state index is 13.7. The molecule has 2 atom stereocenters. The fourth-order valence-corrected chi connectivity index (χ4v) is 1.73. The van der Waals surface area contributed by atoms with Crippen molar-refractivity contribution in [3.63, 3.8) is 0 Å². The molecular formula is C13H11F4NO. The van der Waals surface area contributed by atoms with Crippen molar-refractivity contribution in [1.82, 2.24) is 5.32 Å². The molecule has 0 radical (unpaired) electrons. The van der Waals surface area contributed by atoms with Gasteiger partial charge in [0.15, 0.2) is 0 Å². The Balaban J connectivity index is 1.93. The van der Waals surface area contributed by atoms with E-state index in [4.69, 9.17) is 0 Å². The number of hydrogen-bond donors (Lipinski definition) is 1. The van der Waals surface area contributed by atoms with Gasteiger partial charge in [0.05, 0.1) is 0 Å². The van der Waals surface area contributed by atoms with Crippen LogP contribution in [-0.4, -0.2) is 18.1 Å². The summed E-state index contributed by atoms with van der Waals surface area (Å²) in [6, 6.07) is 7.84. The lowest BCUT2D eigenvalue weighted by atomic mass is 10.2. The minimum Gasteiger partial charge on any atom is -0.345 e. The molecule has 1 saturated carbocycles. The number of alkyl halides is 3. The van der Waals surface area contributed by atoms with E-state index in [1.807, 2.05) is 0 Å². The van der Waals surface area contributed by atoms with E-state index < -0.39 is 29.9 Å². The van der Waals surface area contributed by atoms with Crippen molar-refractivity contribution in [2.24, 2.45) is 5.92 Å². The lowest BCUT2D eigenvalue weighted by Gasteiger charge is -2.06. The summed E-state index contributed by atoms with van der Waals surface area (Å²) in [4.78, 5) is 10.7. The molecule has 1 fully saturated rings. The van der Waals surface area contributed by atoms with E-state index in [9.17, 15) is 22.4 Å². The Hall–Kier alpha value is -1.85. The topological polar surface area (TPSA) is 29.1 Å². The van der Waals surface area contributed by atoms with Gasteiger partial charge in [-0.2, -0.15) is 13.2 Å². The number of hydrogen-bond acceptors (Lipinski definition) is 1. The van der Waals surface area contributed by atoms with Crippen molar-refractivity contribution in [2.75, 3.05) is 0 Å². The Morgan fingerprint density at radius 1 is 1.26 bits per heavy atom. The van der Waals surface area contributed by atoms with Crippen LogP contribution >= 0.6 is 0 Å².